The molecule has 0 radical (unpaired) electrons. The van der Waals surface area contributed by atoms with Crippen molar-refractivity contribution in [1.82, 2.24) is 0 Å². The summed E-state index contributed by atoms with van der Waals surface area (Å²) in [4.78, 5) is 0. The molecule has 78 valence electrons. The van der Waals surface area contributed by atoms with Crippen LogP contribution in [0.4, 0.5) is 13.2 Å². The Kier molecular flexibility index (Phi) is 3.16. The lowest BCUT2D eigenvalue weighted by molar-refractivity contribution is -0.138. The van der Waals surface area contributed by atoms with Gasteiger partial charge in [-0.1, -0.05) is 25.1 Å². The van der Waals surface area contributed by atoms with Gasteiger partial charge in [-0.05, 0) is 18.1 Å². The first-order valence-corrected chi connectivity index (χ1v) is 4.38. The fourth-order valence-corrected chi connectivity index (χ4v) is 1.30. The molecule has 1 aromatic carbocycles. The van der Waals surface area contributed by atoms with Gasteiger partial charge in [0.25, 0.3) is 0 Å². The highest BCUT2D eigenvalue weighted by Gasteiger charge is 2.33. The van der Waals surface area contributed by atoms with Crippen molar-refractivity contribution < 1.29 is 13.2 Å². The fourth-order valence-electron chi connectivity index (χ4n) is 1.30. The lowest BCUT2D eigenvalue weighted by Gasteiger charge is -2.16. The van der Waals surface area contributed by atoms with Crippen LogP contribution in [0.2, 0.25) is 0 Å². The van der Waals surface area contributed by atoms with Crippen LogP contribution < -0.4 is 5.73 Å². The highest BCUT2D eigenvalue weighted by molar-refractivity contribution is 5.31. The molecule has 0 fully saturated rings. The highest BCUT2D eigenvalue weighted by atomic mass is 19.4. The first-order chi connectivity index (χ1) is 6.46. The average molecular weight is 203 g/mol. The molecule has 14 heavy (non-hydrogen) atoms. The summed E-state index contributed by atoms with van der Waals surface area (Å²) in [6.45, 7) is 1.76. The van der Waals surface area contributed by atoms with Crippen LogP contribution >= 0.6 is 0 Å². The van der Waals surface area contributed by atoms with Crippen molar-refractivity contribution in [2.24, 2.45) is 5.73 Å². The average Bonchev–Trinajstić information content (AvgIpc) is 2.15. The van der Waals surface area contributed by atoms with E-state index in [1.165, 1.54) is 12.1 Å². The lowest BCUT2D eigenvalue weighted by Crippen LogP contribution is -2.16. The van der Waals surface area contributed by atoms with E-state index in [0.29, 0.717) is 6.42 Å². The predicted octanol–water partition coefficient (Wildman–Crippen LogP) is 3.12. The summed E-state index contributed by atoms with van der Waals surface area (Å²) in [5.74, 6) is 0. The van der Waals surface area contributed by atoms with Gasteiger partial charge >= 0.3 is 6.18 Å². The van der Waals surface area contributed by atoms with Crippen molar-refractivity contribution in [3.05, 3.63) is 35.4 Å². The first-order valence-electron chi connectivity index (χ1n) is 4.38. The molecule has 1 unspecified atom stereocenters. The lowest BCUT2D eigenvalue weighted by atomic mass is 9.99. The minimum atomic E-state index is -4.32. The Morgan fingerprint density at radius 2 is 1.86 bits per heavy atom. The molecule has 1 atom stereocenters. The minimum Gasteiger partial charge on any atom is -0.324 e. The second kappa shape index (κ2) is 4.00. The molecule has 1 rings (SSSR count). The monoisotopic (exact) mass is 203 g/mol. The normalized spacial score (nSPS) is 14.1. The number of hydrogen-bond donors (Lipinski definition) is 1. The topological polar surface area (TPSA) is 26.0 Å². The Bertz CT molecular complexity index is 306. The van der Waals surface area contributed by atoms with Crippen LogP contribution in [0.25, 0.3) is 0 Å². The Morgan fingerprint density at radius 3 is 2.36 bits per heavy atom. The van der Waals surface area contributed by atoms with E-state index >= 15 is 0 Å². The van der Waals surface area contributed by atoms with Gasteiger partial charge in [-0.25, -0.2) is 0 Å². The quantitative estimate of drug-likeness (QED) is 0.785. The Labute approximate surface area is 80.7 Å². The van der Waals surface area contributed by atoms with E-state index in [1.807, 2.05) is 0 Å². The number of nitrogens with two attached hydrogens (primary N) is 1. The van der Waals surface area contributed by atoms with Gasteiger partial charge in [-0.3, -0.25) is 0 Å². The molecular weight excluding hydrogens is 191 g/mol. The molecule has 0 spiro atoms. The van der Waals surface area contributed by atoms with Crippen LogP contribution in [0.3, 0.4) is 0 Å². The zero-order valence-corrected chi connectivity index (χ0v) is 7.81. The van der Waals surface area contributed by atoms with Crippen molar-refractivity contribution in [2.75, 3.05) is 0 Å². The van der Waals surface area contributed by atoms with Gasteiger partial charge in [-0.15, -0.1) is 0 Å². The van der Waals surface area contributed by atoms with Gasteiger partial charge in [0.2, 0.25) is 0 Å². The van der Waals surface area contributed by atoms with Crippen LogP contribution in [-0.2, 0) is 6.18 Å². The SMILES string of the molecule is CCC(N)c1ccccc1C(F)(F)F. The minimum absolute atomic E-state index is 0.169. The van der Waals surface area contributed by atoms with E-state index < -0.39 is 17.8 Å². The number of benzene rings is 1. The van der Waals surface area contributed by atoms with E-state index in [9.17, 15) is 13.2 Å². The summed E-state index contributed by atoms with van der Waals surface area (Å²) >= 11 is 0. The Morgan fingerprint density at radius 1 is 1.29 bits per heavy atom. The first kappa shape index (κ1) is 11.0. The van der Waals surface area contributed by atoms with Crippen molar-refractivity contribution in [3.63, 3.8) is 0 Å². The van der Waals surface area contributed by atoms with Gasteiger partial charge < -0.3 is 5.73 Å². The van der Waals surface area contributed by atoms with E-state index in [2.05, 4.69) is 0 Å². The molecule has 0 bridgehead atoms. The predicted molar refractivity (Wildman–Crippen MR) is 48.7 cm³/mol. The van der Waals surface area contributed by atoms with E-state index in [-0.39, 0.29) is 5.56 Å². The van der Waals surface area contributed by atoms with Gasteiger partial charge in [0.05, 0.1) is 5.56 Å². The van der Waals surface area contributed by atoms with Crippen molar-refractivity contribution in [1.29, 1.82) is 0 Å². The summed E-state index contributed by atoms with van der Waals surface area (Å²) in [7, 11) is 0. The smallest absolute Gasteiger partial charge is 0.324 e. The molecule has 0 saturated carbocycles. The Hall–Kier alpha value is -1.03. The summed E-state index contributed by atoms with van der Waals surface area (Å²) < 4.78 is 37.5. The highest BCUT2D eigenvalue weighted by Crippen LogP contribution is 2.34. The largest absolute Gasteiger partial charge is 0.416 e. The zero-order chi connectivity index (χ0) is 10.8. The standard InChI is InChI=1S/C10H12F3N/c1-2-9(14)7-5-3-4-6-8(7)10(11,12)13/h3-6,9H,2,14H2,1H3. The summed E-state index contributed by atoms with van der Waals surface area (Å²) in [6.07, 6.45) is -3.82. The van der Waals surface area contributed by atoms with E-state index in [1.54, 1.807) is 13.0 Å². The molecule has 0 aliphatic carbocycles. The van der Waals surface area contributed by atoms with Crippen LogP contribution in [0.15, 0.2) is 24.3 Å². The summed E-state index contributed by atoms with van der Waals surface area (Å²) in [5.41, 5.74) is 5.13. The molecule has 0 aliphatic rings. The van der Waals surface area contributed by atoms with E-state index in [4.69, 9.17) is 5.73 Å². The third-order valence-corrected chi connectivity index (χ3v) is 2.11. The molecule has 1 nitrogen and oxygen atoms in total. The van der Waals surface area contributed by atoms with Gasteiger partial charge in [0.1, 0.15) is 0 Å². The van der Waals surface area contributed by atoms with Crippen molar-refractivity contribution >= 4 is 0 Å². The zero-order valence-electron chi connectivity index (χ0n) is 7.81. The van der Waals surface area contributed by atoms with Crippen LogP contribution in [0.5, 0.6) is 0 Å². The van der Waals surface area contributed by atoms with Gasteiger partial charge in [-0.2, -0.15) is 13.2 Å². The maximum atomic E-state index is 12.5. The summed E-state index contributed by atoms with van der Waals surface area (Å²) in [5, 5.41) is 0. The molecular formula is C10H12F3N. The third-order valence-electron chi connectivity index (χ3n) is 2.11. The molecule has 0 aliphatic heterocycles. The number of hydrogen-bond acceptors (Lipinski definition) is 1. The maximum absolute atomic E-state index is 12.5. The molecule has 1 aromatic rings. The van der Waals surface area contributed by atoms with Crippen molar-refractivity contribution in [3.8, 4) is 0 Å². The second-order valence-electron chi connectivity index (χ2n) is 3.10. The summed E-state index contributed by atoms with van der Waals surface area (Å²) in [6, 6.07) is 4.88. The fraction of sp³-hybridized carbons (Fsp3) is 0.400. The number of rotatable bonds is 2. The van der Waals surface area contributed by atoms with Gasteiger partial charge in [0, 0.05) is 6.04 Å². The Balaban J connectivity index is 3.16. The molecule has 0 saturated heterocycles. The molecule has 4 heteroatoms. The third kappa shape index (κ3) is 2.26. The van der Waals surface area contributed by atoms with E-state index in [0.717, 1.165) is 6.07 Å². The van der Waals surface area contributed by atoms with Crippen LogP contribution in [-0.4, -0.2) is 0 Å². The van der Waals surface area contributed by atoms with Crippen LogP contribution in [0, 0.1) is 0 Å². The number of halogens is 3. The maximum Gasteiger partial charge on any atom is 0.416 e. The van der Waals surface area contributed by atoms with Crippen molar-refractivity contribution in [2.45, 2.75) is 25.6 Å². The second-order valence-corrected chi connectivity index (χ2v) is 3.10. The molecule has 0 amide bonds. The molecule has 0 heterocycles. The van der Waals surface area contributed by atoms with Crippen LogP contribution in [0.1, 0.15) is 30.5 Å². The molecule has 0 aromatic heterocycles. The molecule has 2 N–H and O–H groups in total. The van der Waals surface area contributed by atoms with Gasteiger partial charge in [0.15, 0.2) is 0 Å². The number of alkyl halides is 3.